The zero-order chi connectivity index (χ0) is 11.7. The summed E-state index contributed by atoms with van der Waals surface area (Å²) >= 11 is 0. The molecule has 5 nitrogen and oxygen atoms in total. The summed E-state index contributed by atoms with van der Waals surface area (Å²) in [6.07, 6.45) is 4.53. The van der Waals surface area contributed by atoms with Gasteiger partial charge in [-0.25, -0.2) is 0 Å². The van der Waals surface area contributed by atoms with E-state index in [9.17, 15) is 4.79 Å². The molecule has 92 valence electrons. The van der Waals surface area contributed by atoms with Crippen molar-refractivity contribution >= 4 is 0 Å². The van der Waals surface area contributed by atoms with Crippen molar-refractivity contribution in [2.24, 2.45) is 0 Å². The van der Waals surface area contributed by atoms with Gasteiger partial charge in [-0.15, -0.1) is 0 Å². The van der Waals surface area contributed by atoms with Crippen molar-refractivity contribution in [3.8, 4) is 5.88 Å². The molecule has 1 aromatic heterocycles. The Labute approximate surface area is 99.6 Å². The number of H-pyrrole nitrogens is 1. The third-order valence-electron chi connectivity index (χ3n) is 3.24. The summed E-state index contributed by atoms with van der Waals surface area (Å²) in [5.74, 6) is 1.70. The second kappa shape index (κ2) is 4.49. The topological polar surface area (TPSA) is 67.0 Å². The number of aromatic amines is 1. The average Bonchev–Trinajstić information content (AvgIpc) is 3.13. The molecule has 0 amide bonds. The highest BCUT2D eigenvalue weighted by Gasteiger charge is 2.27. The number of piperidine rings is 1. The van der Waals surface area contributed by atoms with Crippen LogP contribution in [0.2, 0.25) is 0 Å². The second-order valence-electron chi connectivity index (χ2n) is 4.83. The lowest BCUT2D eigenvalue weighted by Gasteiger charge is -2.23. The molecule has 1 aliphatic heterocycles. The van der Waals surface area contributed by atoms with Crippen LogP contribution < -0.4 is 15.6 Å². The van der Waals surface area contributed by atoms with Gasteiger partial charge in [0.25, 0.3) is 5.56 Å². The fraction of sp³-hybridized carbons (Fsp3) is 0.667. The van der Waals surface area contributed by atoms with Gasteiger partial charge >= 0.3 is 0 Å². The summed E-state index contributed by atoms with van der Waals surface area (Å²) in [6.45, 7) is 1.89. The number of hydrogen-bond acceptors (Lipinski definition) is 4. The van der Waals surface area contributed by atoms with Gasteiger partial charge in [-0.05, 0) is 32.2 Å². The average molecular weight is 235 g/mol. The van der Waals surface area contributed by atoms with Gasteiger partial charge in [-0.2, -0.15) is 4.98 Å². The van der Waals surface area contributed by atoms with Crippen LogP contribution in [0.25, 0.3) is 0 Å². The van der Waals surface area contributed by atoms with Crippen molar-refractivity contribution in [2.45, 2.75) is 37.7 Å². The lowest BCUT2D eigenvalue weighted by Crippen LogP contribution is -2.37. The zero-order valence-electron chi connectivity index (χ0n) is 9.74. The maximum absolute atomic E-state index is 11.5. The molecular formula is C12H17N3O2. The van der Waals surface area contributed by atoms with Crippen molar-refractivity contribution in [3.05, 3.63) is 22.2 Å². The van der Waals surface area contributed by atoms with Crippen LogP contribution >= 0.6 is 0 Å². The summed E-state index contributed by atoms with van der Waals surface area (Å²) in [5.41, 5.74) is -0.110. The molecule has 2 aliphatic rings. The fourth-order valence-corrected chi connectivity index (χ4v) is 2.16. The Morgan fingerprint density at radius 2 is 2.24 bits per heavy atom. The Morgan fingerprint density at radius 3 is 2.94 bits per heavy atom. The Balaban J connectivity index is 1.74. The second-order valence-corrected chi connectivity index (χ2v) is 4.83. The van der Waals surface area contributed by atoms with E-state index in [0.29, 0.717) is 11.8 Å². The van der Waals surface area contributed by atoms with Gasteiger partial charge in [0.15, 0.2) is 0 Å². The molecule has 1 aromatic rings. The van der Waals surface area contributed by atoms with Crippen LogP contribution in [-0.2, 0) is 0 Å². The van der Waals surface area contributed by atoms with Crippen LogP contribution in [0.1, 0.15) is 37.4 Å². The molecule has 1 unspecified atom stereocenters. The van der Waals surface area contributed by atoms with Crippen LogP contribution in [0.5, 0.6) is 5.88 Å². The predicted octanol–water partition coefficient (Wildman–Crippen LogP) is 0.778. The lowest BCUT2D eigenvalue weighted by atomic mass is 10.1. The first kappa shape index (κ1) is 10.8. The third-order valence-corrected chi connectivity index (χ3v) is 3.24. The fourth-order valence-electron chi connectivity index (χ4n) is 2.16. The Morgan fingerprint density at radius 1 is 1.35 bits per heavy atom. The molecule has 1 atom stereocenters. The minimum Gasteiger partial charge on any atom is -0.473 e. The molecule has 1 saturated carbocycles. The van der Waals surface area contributed by atoms with E-state index in [4.69, 9.17) is 4.74 Å². The number of aromatic nitrogens is 2. The minimum absolute atomic E-state index is 0.110. The van der Waals surface area contributed by atoms with Crippen molar-refractivity contribution in [1.82, 2.24) is 15.3 Å². The zero-order valence-corrected chi connectivity index (χ0v) is 9.74. The summed E-state index contributed by atoms with van der Waals surface area (Å²) in [4.78, 5) is 18.7. The Hall–Kier alpha value is -1.36. The number of nitrogens with zero attached hydrogens (tertiary/aromatic N) is 1. The highest BCUT2D eigenvalue weighted by atomic mass is 16.5. The highest BCUT2D eigenvalue weighted by molar-refractivity contribution is 5.14. The van der Waals surface area contributed by atoms with Gasteiger partial charge in [-0.1, -0.05) is 0 Å². The quantitative estimate of drug-likeness (QED) is 0.812. The molecule has 0 aromatic carbocycles. The molecule has 5 heteroatoms. The molecule has 0 bridgehead atoms. The normalized spacial score (nSPS) is 24.6. The van der Waals surface area contributed by atoms with Gasteiger partial charge in [0, 0.05) is 12.5 Å². The van der Waals surface area contributed by atoms with E-state index in [0.717, 1.165) is 44.6 Å². The lowest BCUT2D eigenvalue weighted by molar-refractivity contribution is 0.159. The summed E-state index contributed by atoms with van der Waals surface area (Å²) < 4.78 is 5.76. The van der Waals surface area contributed by atoms with Crippen molar-refractivity contribution in [1.29, 1.82) is 0 Å². The van der Waals surface area contributed by atoms with Gasteiger partial charge in [0.05, 0.1) is 6.07 Å². The smallest absolute Gasteiger partial charge is 0.254 e. The van der Waals surface area contributed by atoms with Crippen molar-refractivity contribution in [3.63, 3.8) is 0 Å². The SMILES string of the molecule is O=c1cc(OC2CCCNC2)nc(C2CC2)[nH]1. The van der Waals surface area contributed by atoms with Gasteiger partial charge < -0.3 is 15.0 Å². The van der Waals surface area contributed by atoms with E-state index in [-0.39, 0.29) is 11.7 Å². The minimum atomic E-state index is -0.110. The molecule has 0 radical (unpaired) electrons. The van der Waals surface area contributed by atoms with E-state index in [1.807, 2.05) is 0 Å². The monoisotopic (exact) mass is 235 g/mol. The molecule has 1 saturated heterocycles. The third kappa shape index (κ3) is 2.66. The van der Waals surface area contributed by atoms with Crippen LogP contribution in [0.4, 0.5) is 0 Å². The summed E-state index contributed by atoms with van der Waals surface area (Å²) in [5, 5.41) is 3.28. The molecule has 0 spiro atoms. The standard InChI is InChI=1S/C12H17N3O2/c16-10-6-11(15-12(14-10)8-3-4-8)17-9-2-1-5-13-7-9/h6,8-9,13H,1-5,7H2,(H,14,15,16). The maximum Gasteiger partial charge on any atom is 0.254 e. The molecule has 2 N–H and O–H groups in total. The molecule has 3 rings (SSSR count). The van der Waals surface area contributed by atoms with Crippen LogP contribution in [0.15, 0.2) is 10.9 Å². The van der Waals surface area contributed by atoms with E-state index < -0.39 is 0 Å². The molecular weight excluding hydrogens is 218 g/mol. The molecule has 1 aliphatic carbocycles. The maximum atomic E-state index is 11.5. The Kier molecular flexibility index (Phi) is 2.84. The van der Waals surface area contributed by atoms with E-state index >= 15 is 0 Å². The van der Waals surface area contributed by atoms with E-state index in [1.165, 1.54) is 6.07 Å². The van der Waals surface area contributed by atoms with Crippen molar-refractivity contribution in [2.75, 3.05) is 13.1 Å². The number of nitrogens with one attached hydrogen (secondary N) is 2. The van der Waals surface area contributed by atoms with E-state index in [1.54, 1.807) is 0 Å². The van der Waals surface area contributed by atoms with E-state index in [2.05, 4.69) is 15.3 Å². The van der Waals surface area contributed by atoms with Crippen LogP contribution in [-0.4, -0.2) is 29.2 Å². The van der Waals surface area contributed by atoms with Gasteiger partial charge in [0.2, 0.25) is 5.88 Å². The summed E-state index contributed by atoms with van der Waals surface area (Å²) in [7, 11) is 0. The van der Waals surface area contributed by atoms with Crippen molar-refractivity contribution < 1.29 is 4.74 Å². The molecule has 2 heterocycles. The van der Waals surface area contributed by atoms with Gasteiger partial charge in [-0.3, -0.25) is 4.79 Å². The van der Waals surface area contributed by atoms with Crippen LogP contribution in [0, 0.1) is 0 Å². The predicted molar refractivity (Wildman–Crippen MR) is 63.4 cm³/mol. The first-order valence-electron chi connectivity index (χ1n) is 6.30. The van der Waals surface area contributed by atoms with Gasteiger partial charge in [0.1, 0.15) is 11.9 Å². The number of hydrogen-bond donors (Lipinski definition) is 2. The number of ether oxygens (including phenoxy) is 1. The summed E-state index contributed by atoms with van der Waals surface area (Å²) in [6, 6.07) is 1.44. The molecule has 2 fully saturated rings. The van der Waals surface area contributed by atoms with Crippen LogP contribution in [0.3, 0.4) is 0 Å². The largest absolute Gasteiger partial charge is 0.473 e. The number of rotatable bonds is 3. The molecule has 17 heavy (non-hydrogen) atoms. The first-order chi connectivity index (χ1) is 8.31. The highest BCUT2D eigenvalue weighted by Crippen LogP contribution is 2.37. The Bertz CT molecular complexity index is 447. The first-order valence-corrected chi connectivity index (χ1v) is 6.30.